The largest absolute Gasteiger partial charge is 2.00 e. The van der Waals surface area contributed by atoms with Gasteiger partial charge < -0.3 is 29.6 Å². The first kappa shape index (κ1) is 48.4. The van der Waals surface area contributed by atoms with Gasteiger partial charge in [0.05, 0.1) is 24.0 Å². The van der Waals surface area contributed by atoms with E-state index in [1.54, 1.807) is 85.9 Å². The first-order chi connectivity index (χ1) is 27.9. The zero-order valence-corrected chi connectivity index (χ0v) is 38.2. The second-order valence-electron chi connectivity index (χ2n) is 14.0. The Labute approximate surface area is 392 Å². The number of rotatable bonds is 14. The molecule has 4 aromatic rings. The Morgan fingerprint density at radius 2 is 0.847 bits per heavy atom. The Morgan fingerprint density at radius 1 is 0.542 bits per heavy atom. The Kier molecular flexibility index (Phi) is 19.9. The van der Waals surface area contributed by atoms with Crippen molar-refractivity contribution in [1.29, 1.82) is 0 Å². The van der Waals surface area contributed by atoms with Crippen molar-refractivity contribution in [2.45, 2.75) is 59.1 Å². The van der Waals surface area contributed by atoms with E-state index in [1.165, 1.54) is 9.80 Å². The van der Waals surface area contributed by atoms with Crippen LogP contribution in [0.5, 0.6) is 0 Å². The molecule has 6 unspecified atom stereocenters. The van der Waals surface area contributed by atoms with Crippen LogP contribution < -0.4 is 10.2 Å². The third kappa shape index (κ3) is 14.4. The molecule has 0 aromatic heterocycles. The number of benzene rings is 4. The van der Waals surface area contributed by atoms with E-state index in [4.69, 9.17) is 0 Å². The van der Waals surface area contributed by atoms with Crippen molar-refractivity contribution in [2.75, 3.05) is 24.6 Å². The molecule has 2 heterocycles. The molecule has 6 rings (SSSR count). The van der Waals surface area contributed by atoms with Crippen molar-refractivity contribution in [2.24, 2.45) is 11.8 Å². The standard InChI is InChI=1S/2C22H23NO4S2.Ca/c2*1-15(14-28-22(27)16-8-4-2-5-9-16)20(24)23-13-18(12-19(23)21(25)26)29-17-10-6-3-7-11-17;/h2*2-11,15,18-19H,12-14H2,1H3,(H,25,26);/q;;+2/p-2. The average molecular weight is 897 g/mol. The molecule has 2 amide bonds. The van der Waals surface area contributed by atoms with Gasteiger partial charge in [-0.3, -0.25) is 19.2 Å². The number of nitrogens with zero attached hydrogens (tertiary/aromatic N) is 2. The molecule has 2 aliphatic rings. The molecule has 0 spiro atoms. The molecular weight excluding hydrogens is 853 g/mol. The number of thioether (sulfide) groups is 4. The second kappa shape index (κ2) is 24.3. The fourth-order valence-corrected chi connectivity index (χ4v) is 10.6. The van der Waals surface area contributed by atoms with E-state index >= 15 is 0 Å². The van der Waals surface area contributed by atoms with Crippen LogP contribution in [0, 0.1) is 11.8 Å². The van der Waals surface area contributed by atoms with E-state index in [9.17, 15) is 39.0 Å². The smallest absolute Gasteiger partial charge is 0.548 e. The van der Waals surface area contributed by atoms with Crippen LogP contribution in [-0.4, -0.2) is 129 Å². The number of carboxylic acid groups (broad SMARTS) is 2. The molecule has 59 heavy (non-hydrogen) atoms. The normalized spacial score (nSPS) is 19.4. The number of hydrogen-bond acceptors (Lipinski definition) is 12. The van der Waals surface area contributed by atoms with E-state index in [-0.39, 0.29) is 70.3 Å². The summed E-state index contributed by atoms with van der Waals surface area (Å²) in [5.74, 6) is -3.26. The summed E-state index contributed by atoms with van der Waals surface area (Å²) in [5.41, 5.74) is 1.18. The van der Waals surface area contributed by atoms with Gasteiger partial charge in [0.15, 0.2) is 0 Å². The topological polar surface area (TPSA) is 155 Å². The molecule has 0 aliphatic carbocycles. The molecule has 10 nitrogen and oxygen atoms in total. The van der Waals surface area contributed by atoms with Crippen molar-refractivity contribution >= 4 is 119 Å². The number of carboxylic acids is 2. The van der Waals surface area contributed by atoms with Crippen molar-refractivity contribution in [3.63, 3.8) is 0 Å². The summed E-state index contributed by atoms with van der Waals surface area (Å²) < 4.78 is 0. The first-order valence-electron chi connectivity index (χ1n) is 18.8. The molecule has 2 aliphatic heterocycles. The molecular formula is C44H44CaN2O8S4. The van der Waals surface area contributed by atoms with E-state index in [0.717, 1.165) is 33.3 Å². The SMILES string of the molecule is CC(CSC(=O)c1ccccc1)C(=O)N1CC(Sc2ccccc2)CC1C(=O)[O-].CC(CSC(=O)c1ccccc1)C(=O)N1CC(Sc2ccccc2)CC1C(=O)[O-].[Ca+2]. The van der Waals surface area contributed by atoms with Crippen LogP contribution in [0.4, 0.5) is 0 Å². The average Bonchev–Trinajstić information content (AvgIpc) is 3.87. The molecule has 0 radical (unpaired) electrons. The van der Waals surface area contributed by atoms with Crippen LogP contribution in [0.25, 0.3) is 0 Å². The zero-order chi connectivity index (χ0) is 41.6. The van der Waals surface area contributed by atoms with Crippen LogP contribution >= 0.6 is 47.0 Å². The minimum Gasteiger partial charge on any atom is -0.548 e. The molecule has 0 N–H and O–H groups in total. The summed E-state index contributed by atoms with van der Waals surface area (Å²) in [4.78, 5) is 78.5. The Bertz CT molecular complexity index is 1870. The summed E-state index contributed by atoms with van der Waals surface area (Å²) >= 11 is 5.32. The van der Waals surface area contributed by atoms with Gasteiger partial charge in [0, 0.05) is 67.8 Å². The van der Waals surface area contributed by atoms with Crippen molar-refractivity contribution in [3.05, 3.63) is 132 Å². The Hall–Kier alpha value is -3.24. The van der Waals surface area contributed by atoms with Crippen molar-refractivity contribution < 1.29 is 39.0 Å². The maximum atomic E-state index is 12.9. The summed E-state index contributed by atoms with van der Waals surface area (Å²) in [6.07, 6.45) is 0.715. The molecule has 304 valence electrons. The van der Waals surface area contributed by atoms with Gasteiger partial charge in [0.2, 0.25) is 22.0 Å². The molecule has 15 heteroatoms. The number of carbonyl (C=O) groups is 6. The summed E-state index contributed by atoms with van der Waals surface area (Å²) in [5, 5.41) is 23.0. The van der Waals surface area contributed by atoms with Gasteiger partial charge in [-0.15, -0.1) is 23.5 Å². The van der Waals surface area contributed by atoms with Gasteiger partial charge in [-0.1, -0.05) is 134 Å². The molecule has 0 saturated carbocycles. The van der Waals surface area contributed by atoms with E-state index < -0.39 is 35.9 Å². The van der Waals surface area contributed by atoms with Crippen LogP contribution in [0.3, 0.4) is 0 Å². The number of hydrogen-bond donors (Lipinski definition) is 0. The van der Waals surface area contributed by atoms with Crippen LogP contribution in [-0.2, 0) is 19.2 Å². The molecule has 2 saturated heterocycles. The summed E-state index contributed by atoms with van der Waals surface area (Å²) in [6.45, 7) is 4.19. The van der Waals surface area contributed by atoms with Gasteiger partial charge in [-0.05, 0) is 37.1 Å². The predicted octanol–water partition coefficient (Wildman–Crippen LogP) is 5.03. The van der Waals surface area contributed by atoms with Gasteiger partial charge in [0.25, 0.3) is 0 Å². The van der Waals surface area contributed by atoms with E-state index in [2.05, 4.69) is 0 Å². The fourth-order valence-electron chi connectivity index (χ4n) is 6.51. The van der Waals surface area contributed by atoms with E-state index in [0.29, 0.717) is 48.6 Å². The van der Waals surface area contributed by atoms with Crippen molar-refractivity contribution in [3.8, 4) is 0 Å². The number of amides is 2. The minimum absolute atomic E-state index is 0. The number of carbonyl (C=O) groups excluding carboxylic acids is 6. The first-order valence-corrected chi connectivity index (χ1v) is 22.5. The maximum absolute atomic E-state index is 12.9. The van der Waals surface area contributed by atoms with Crippen LogP contribution in [0.1, 0.15) is 47.4 Å². The van der Waals surface area contributed by atoms with Gasteiger partial charge in [-0.25, -0.2) is 0 Å². The monoisotopic (exact) mass is 896 g/mol. The molecule has 2 fully saturated rings. The van der Waals surface area contributed by atoms with Crippen molar-refractivity contribution in [1.82, 2.24) is 9.80 Å². The predicted molar refractivity (Wildman–Crippen MR) is 233 cm³/mol. The number of likely N-dealkylation sites (tertiary alicyclic amines) is 2. The fraction of sp³-hybridized carbons (Fsp3) is 0.318. The molecule has 0 bridgehead atoms. The third-order valence-corrected chi connectivity index (χ3v) is 14.3. The second-order valence-corrected chi connectivity index (χ2v) is 18.7. The quantitative estimate of drug-likeness (QED) is 0.156. The summed E-state index contributed by atoms with van der Waals surface area (Å²) in [6, 6.07) is 35.4. The third-order valence-electron chi connectivity index (χ3n) is 9.52. The van der Waals surface area contributed by atoms with E-state index in [1.807, 2.05) is 72.8 Å². The molecule has 6 atom stereocenters. The Morgan fingerprint density at radius 3 is 1.15 bits per heavy atom. The van der Waals surface area contributed by atoms with Gasteiger partial charge in [-0.2, -0.15) is 0 Å². The Balaban J connectivity index is 0.000000256. The van der Waals surface area contributed by atoms with Gasteiger partial charge >= 0.3 is 37.7 Å². The molecule has 4 aromatic carbocycles. The minimum atomic E-state index is -1.23. The zero-order valence-electron chi connectivity index (χ0n) is 32.8. The summed E-state index contributed by atoms with van der Waals surface area (Å²) in [7, 11) is 0. The van der Waals surface area contributed by atoms with Crippen LogP contribution in [0.15, 0.2) is 131 Å². The number of aliphatic carboxylic acids is 2. The maximum Gasteiger partial charge on any atom is 2.00 e. The van der Waals surface area contributed by atoms with Crippen LogP contribution in [0.2, 0.25) is 0 Å². The van der Waals surface area contributed by atoms with Gasteiger partial charge in [0.1, 0.15) is 0 Å².